The first kappa shape index (κ1) is 30.4. The zero-order valence-corrected chi connectivity index (χ0v) is 21.4. The van der Waals surface area contributed by atoms with Gasteiger partial charge in [-0.3, -0.25) is 4.79 Å². The molecule has 3 heteroatoms. The highest BCUT2D eigenvalue weighted by atomic mass is 16.1. The van der Waals surface area contributed by atoms with Crippen molar-refractivity contribution in [3.05, 3.63) is 0 Å². The second kappa shape index (κ2) is 27.5. The quantitative estimate of drug-likeness (QED) is 0.133. The molecule has 0 fully saturated rings. The lowest BCUT2D eigenvalue weighted by Crippen LogP contribution is -2.24. The number of hydrogen-bond donors (Lipinski definition) is 2. The maximum absolute atomic E-state index is 11.7. The molecule has 0 saturated heterocycles. The molecule has 0 saturated carbocycles. The summed E-state index contributed by atoms with van der Waals surface area (Å²) >= 11 is 0. The molecule has 0 atom stereocenters. The third-order valence-electron chi connectivity index (χ3n) is 6.46. The summed E-state index contributed by atoms with van der Waals surface area (Å²) in [7, 11) is 0. The van der Waals surface area contributed by atoms with Crippen LogP contribution in [0.2, 0.25) is 0 Å². The van der Waals surface area contributed by atoms with Gasteiger partial charge >= 0.3 is 0 Å². The van der Waals surface area contributed by atoms with E-state index in [1.165, 1.54) is 128 Å². The molecule has 0 aliphatic heterocycles. The number of unbranched alkanes of at least 4 members (excludes halogenated alkanes) is 21. The zero-order valence-electron chi connectivity index (χ0n) is 21.4. The van der Waals surface area contributed by atoms with Gasteiger partial charge in [0.1, 0.15) is 0 Å². The lowest BCUT2D eigenvalue weighted by atomic mass is 10.0. The van der Waals surface area contributed by atoms with E-state index >= 15 is 0 Å². The fourth-order valence-corrected chi connectivity index (χ4v) is 4.30. The molecule has 0 spiro atoms. The van der Waals surface area contributed by atoms with E-state index in [2.05, 4.69) is 12.2 Å². The van der Waals surface area contributed by atoms with Gasteiger partial charge in [-0.2, -0.15) is 0 Å². The Balaban J connectivity index is 3.07. The van der Waals surface area contributed by atoms with Crippen LogP contribution in [-0.2, 0) is 4.79 Å². The number of rotatable bonds is 26. The fraction of sp³-hybridized carbons (Fsp3) is 0.964. The molecule has 3 N–H and O–H groups in total. The molecule has 0 aliphatic carbocycles. The van der Waals surface area contributed by atoms with Crippen LogP contribution in [0.3, 0.4) is 0 Å². The topological polar surface area (TPSA) is 55.1 Å². The Bertz CT molecular complexity index is 346. The molecule has 1 amide bonds. The molecule has 0 aromatic carbocycles. The molecule has 0 radical (unpaired) electrons. The summed E-state index contributed by atoms with van der Waals surface area (Å²) in [6.07, 6.45) is 32.0. The summed E-state index contributed by atoms with van der Waals surface area (Å²) < 4.78 is 0. The number of carbonyl (C=O) groups is 1. The van der Waals surface area contributed by atoms with E-state index in [0.717, 1.165) is 32.4 Å². The predicted octanol–water partition coefficient (Wildman–Crippen LogP) is 8.44. The van der Waals surface area contributed by atoms with E-state index in [1.54, 1.807) is 0 Å². The van der Waals surface area contributed by atoms with Crippen LogP contribution in [0.15, 0.2) is 0 Å². The molecule has 0 rings (SSSR count). The number of hydrogen-bond acceptors (Lipinski definition) is 2. The van der Waals surface area contributed by atoms with Crippen LogP contribution in [0.25, 0.3) is 0 Å². The Hall–Kier alpha value is -0.570. The Kier molecular flexibility index (Phi) is 27.0. The van der Waals surface area contributed by atoms with Crippen LogP contribution in [0.1, 0.15) is 161 Å². The van der Waals surface area contributed by atoms with E-state index in [0.29, 0.717) is 6.42 Å². The van der Waals surface area contributed by atoms with Gasteiger partial charge in [-0.25, -0.2) is 0 Å². The lowest BCUT2D eigenvalue weighted by molar-refractivity contribution is -0.121. The first-order valence-electron chi connectivity index (χ1n) is 14.3. The molecule has 0 unspecified atom stereocenters. The van der Waals surface area contributed by atoms with Gasteiger partial charge in [0, 0.05) is 13.0 Å². The van der Waals surface area contributed by atoms with E-state index < -0.39 is 0 Å². The van der Waals surface area contributed by atoms with Crippen molar-refractivity contribution in [2.75, 3.05) is 13.1 Å². The molecular weight excluding hydrogens is 380 g/mol. The summed E-state index contributed by atoms with van der Waals surface area (Å²) in [5.74, 6) is 0.217. The highest BCUT2D eigenvalue weighted by Crippen LogP contribution is 2.15. The van der Waals surface area contributed by atoms with Gasteiger partial charge in [-0.1, -0.05) is 135 Å². The normalized spacial score (nSPS) is 11.2. The molecule has 31 heavy (non-hydrogen) atoms. The van der Waals surface area contributed by atoms with Crippen LogP contribution in [0.5, 0.6) is 0 Å². The molecule has 0 heterocycles. The van der Waals surface area contributed by atoms with Crippen LogP contribution >= 0.6 is 0 Å². The van der Waals surface area contributed by atoms with Crippen molar-refractivity contribution >= 4 is 5.91 Å². The van der Waals surface area contributed by atoms with Gasteiger partial charge in [-0.05, 0) is 25.8 Å². The van der Waals surface area contributed by atoms with Crippen molar-refractivity contribution in [2.24, 2.45) is 5.73 Å². The number of nitrogens with two attached hydrogens (primary N) is 1. The monoisotopic (exact) mass is 438 g/mol. The summed E-state index contributed by atoms with van der Waals surface area (Å²) in [5.41, 5.74) is 5.45. The lowest BCUT2D eigenvalue weighted by Gasteiger charge is -2.05. The van der Waals surface area contributed by atoms with E-state index in [1.807, 2.05) is 0 Å². The molecule has 0 aromatic rings. The summed E-state index contributed by atoms with van der Waals surface area (Å²) in [5, 5.41) is 2.99. The molecule has 0 aromatic heterocycles. The van der Waals surface area contributed by atoms with Gasteiger partial charge in [0.25, 0.3) is 0 Å². The van der Waals surface area contributed by atoms with Gasteiger partial charge in [-0.15, -0.1) is 0 Å². The minimum absolute atomic E-state index is 0.217. The average molecular weight is 439 g/mol. The molecular formula is C28H58N2O. The molecule has 0 bridgehead atoms. The van der Waals surface area contributed by atoms with Crippen LogP contribution in [0.4, 0.5) is 0 Å². The van der Waals surface area contributed by atoms with Gasteiger partial charge in [0.15, 0.2) is 0 Å². The zero-order chi connectivity index (χ0) is 22.7. The highest BCUT2D eigenvalue weighted by Gasteiger charge is 2.00. The fourth-order valence-electron chi connectivity index (χ4n) is 4.30. The Morgan fingerprint density at radius 1 is 0.516 bits per heavy atom. The SMILES string of the molecule is CCCCCCCCCCCCCCCCCCCCCCCC(=O)NCCCCN. The van der Waals surface area contributed by atoms with Gasteiger partial charge in [0.2, 0.25) is 5.91 Å². The van der Waals surface area contributed by atoms with E-state index in [-0.39, 0.29) is 5.91 Å². The second-order valence-electron chi connectivity index (χ2n) is 9.67. The standard InChI is InChI=1S/C28H58N2O/c1-2-3-4-5-6-7-8-9-10-11-12-13-14-15-16-17-18-19-20-21-22-25-28(31)30-27-24-23-26-29/h2-27,29H2,1H3,(H,30,31). The minimum atomic E-state index is 0.217. The number of nitrogens with one attached hydrogen (secondary N) is 1. The number of carbonyl (C=O) groups excluding carboxylic acids is 1. The van der Waals surface area contributed by atoms with Crippen LogP contribution in [0, 0.1) is 0 Å². The minimum Gasteiger partial charge on any atom is -0.356 e. The van der Waals surface area contributed by atoms with Crippen molar-refractivity contribution in [3.8, 4) is 0 Å². The van der Waals surface area contributed by atoms with E-state index in [9.17, 15) is 4.79 Å². The predicted molar refractivity (Wildman–Crippen MR) is 139 cm³/mol. The molecule has 0 aliphatic rings. The Morgan fingerprint density at radius 2 is 0.871 bits per heavy atom. The maximum atomic E-state index is 11.7. The smallest absolute Gasteiger partial charge is 0.219 e. The van der Waals surface area contributed by atoms with Crippen molar-refractivity contribution in [2.45, 2.75) is 161 Å². The third-order valence-corrected chi connectivity index (χ3v) is 6.46. The largest absolute Gasteiger partial charge is 0.356 e. The molecule has 186 valence electrons. The van der Waals surface area contributed by atoms with Crippen molar-refractivity contribution in [3.63, 3.8) is 0 Å². The van der Waals surface area contributed by atoms with Crippen molar-refractivity contribution < 1.29 is 4.79 Å². The van der Waals surface area contributed by atoms with Gasteiger partial charge < -0.3 is 11.1 Å². The third kappa shape index (κ3) is 27.4. The Morgan fingerprint density at radius 3 is 1.23 bits per heavy atom. The highest BCUT2D eigenvalue weighted by molar-refractivity contribution is 5.75. The van der Waals surface area contributed by atoms with Gasteiger partial charge in [0.05, 0.1) is 0 Å². The average Bonchev–Trinajstić information content (AvgIpc) is 2.77. The number of amides is 1. The van der Waals surface area contributed by atoms with Crippen LogP contribution < -0.4 is 11.1 Å². The van der Waals surface area contributed by atoms with E-state index in [4.69, 9.17) is 5.73 Å². The summed E-state index contributed by atoms with van der Waals surface area (Å²) in [4.78, 5) is 11.7. The van der Waals surface area contributed by atoms with Crippen molar-refractivity contribution in [1.82, 2.24) is 5.32 Å². The molecule has 3 nitrogen and oxygen atoms in total. The maximum Gasteiger partial charge on any atom is 0.219 e. The summed E-state index contributed by atoms with van der Waals surface area (Å²) in [6.45, 7) is 3.80. The first-order chi connectivity index (χ1) is 15.3. The Labute approximate surface area is 196 Å². The van der Waals surface area contributed by atoms with Crippen molar-refractivity contribution in [1.29, 1.82) is 0 Å². The second-order valence-corrected chi connectivity index (χ2v) is 9.67. The first-order valence-corrected chi connectivity index (χ1v) is 14.3. The summed E-state index contributed by atoms with van der Waals surface area (Å²) in [6, 6.07) is 0. The van der Waals surface area contributed by atoms with Crippen LogP contribution in [-0.4, -0.2) is 19.0 Å².